The topological polar surface area (TPSA) is 83.6 Å². The third-order valence-electron chi connectivity index (χ3n) is 8.69. The highest BCUT2D eigenvalue weighted by Crippen LogP contribution is 2.36. The number of hydrogen-bond acceptors (Lipinski definition) is 6. The van der Waals surface area contributed by atoms with Crippen molar-refractivity contribution in [2.45, 2.75) is 82.8 Å². The van der Waals surface area contributed by atoms with Crippen molar-refractivity contribution in [3.05, 3.63) is 80.3 Å². The third kappa shape index (κ3) is 6.91. The fraction of sp³-hybridized carbons (Fsp3) is 0.485. The van der Waals surface area contributed by atoms with Crippen LogP contribution in [0.4, 0.5) is 8.78 Å². The van der Waals surface area contributed by atoms with E-state index in [2.05, 4.69) is 15.6 Å². The fourth-order valence-corrected chi connectivity index (χ4v) is 7.62. The summed E-state index contributed by atoms with van der Waals surface area (Å²) in [6.07, 6.45) is 7.09. The summed E-state index contributed by atoms with van der Waals surface area (Å²) in [4.78, 5) is 34.5. The molecule has 0 saturated carbocycles. The van der Waals surface area contributed by atoms with E-state index >= 15 is 0 Å². The van der Waals surface area contributed by atoms with E-state index in [1.165, 1.54) is 12.1 Å². The van der Waals surface area contributed by atoms with Crippen molar-refractivity contribution in [3.8, 4) is 5.75 Å². The lowest BCUT2D eigenvalue weighted by Gasteiger charge is -2.25. The Kier molecular flexibility index (Phi) is 9.04. The van der Waals surface area contributed by atoms with E-state index in [0.717, 1.165) is 67.4 Å². The zero-order valence-electron chi connectivity index (χ0n) is 24.5. The van der Waals surface area contributed by atoms with E-state index in [9.17, 15) is 18.4 Å². The first-order valence-corrected chi connectivity index (χ1v) is 16.2. The monoisotopic (exact) mass is 608 g/mol. The van der Waals surface area contributed by atoms with E-state index in [1.807, 2.05) is 17.2 Å². The lowest BCUT2D eigenvalue weighted by molar-refractivity contribution is 0.0735. The van der Waals surface area contributed by atoms with Crippen molar-refractivity contribution in [1.29, 1.82) is 0 Å². The van der Waals surface area contributed by atoms with E-state index in [0.29, 0.717) is 54.9 Å². The quantitative estimate of drug-likeness (QED) is 0.333. The van der Waals surface area contributed by atoms with E-state index in [-0.39, 0.29) is 29.9 Å². The number of halogens is 2. The molecule has 1 aromatic heterocycles. The Morgan fingerprint density at radius 1 is 1.12 bits per heavy atom. The minimum atomic E-state index is -0.638. The van der Waals surface area contributed by atoms with Gasteiger partial charge in [-0.15, -0.1) is 11.3 Å². The van der Waals surface area contributed by atoms with Gasteiger partial charge in [-0.2, -0.15) is 0 Å². The molecule has 10 heteroatoms. The van der Waals surface area contributed by atoms with Crippen LogP contribution in [0.2, 0.25) is 0 Å². The van der Waals surface area contributed by atoms with Crippen LogP contribution >= 0.6 is 11.3 Å². The Morgan fingerprint density at radius 3 is 2.70 bits per heavy atom. The largest absolute Gasteiger partial charge is 0.493 e. The van der Waals surface area contributed by atoms with Crippen LogP contribution in [0.15, 0.2) is 35.7 Å². The first-order chi connectivity index (χ1) is 20.8. The number of aryl methyl sites for hydroxylation is 1. The number of nitrogens with one attached hydrogen (secondary N) is 2. The van der Waals surface area contributed by atoms with Crippen molar-refractivity contribution in [2.24, 2.45) is 0 Å². The Hall–Kier alpha value is -3.37. The molecular formula is C33H38F2N4O3S. The fourth-order valence-electron chi connectivity index (χ4n) is 6.67. The third-order valence-corrected chi connectivity index (χ3v) is 9.75. The predicted octanol–water partition coefficient (Wildman–Crippen LogP) is 5.91. The molecule has 0 bridgehead atoms. The van der Waals surface area contributed by atoms with Gasteiger partial charge in [0.2, 0.25) is 0 Å². The molecule has 0 unspecified atom stereocenters. The zero-order chi connectivity index (χ0) is 29.9. The van der Waals surface area contributed by atoms with Crippen LogP contribution in [0.5, 0.6) is 5.75 Å². The van der Waals surface area contributed by atoms with Crippen molar-refractivity contribution in [3.63, 3.8) is 0 Å². The molecule has 43 heavy (non-hydrogen) atoms. The molecule has 2 saturated heterocycles. The predicted molar refractivity (Wildman–Crippen MR) is 162 cm³/mol. The number of nitrogens with zero attached hydrogens (tertiary/aromatic N) is 2. The summed E-state index contributed by atoms with van der Waals surface area (Å²) >= 11 is 1.57. The van der Waals surface area contributed by atoms with Crippen LogP contribution in [-0.2, 0) is 12.8 Å². The Bertz CT molecular complexity index is 1470. The van der Waals surface area contributed by atoms with Gasteiger partial charge >= 0.3 is 0 Å². The average Bonchev–Trinajstić information content (AvgIpc) is 3.72. The number of rotatable bonds is 8. The first-order valence-electron chi connectivity index (χ1n) is 15.4. The van der Waals surface area contributed by atoms with Crippen molar-refractivity contribution < 1.29 is 23.1 Å². The highest BCUT2D eigenvalue weighted by molar-refractivity contribution is 7.09. The van der Waals surface area contributed by atoms with Crippen LogP contribution in [0, 0.1) is 18.6 Å². The number of likely N-dealkylation sites (tertiary alicyclic amines) is 1. The zero-order valence-corrected chi connectivity index (χ0v) is 25.3. The van der Waals surface area contributed by atoms with Crippen LogP contribution < -0.4 is 15.4 Å². The molecule has 2 fully saturated rings. The minimum absolute atomic E-state index is 0.0850. The maximum atomic E-state index is 14.1. The summed E-state index contributed by atoms with van der Waals surface area (Å²) in [5.41, 5.74) is 3.09. The maximum Gasteiger partial charge on any atom is 0.254 e. The summed E-state index contributed by atoms with van der Waals surface area (Å²) in [7, 11) is 0. The number of carbonyl (C=O) groups is 2. The SMILES string of the molecule is Cc1csc([C@H]2CCCN2C(=O)c2cc3c(c(C(=O)N[C@@H](Cc4cc(F)cc(F)c4)C[C@H]4CCCN4)c2)CCCCO3)n1. The molecule has 3 aliphatic heterocycles. The number of aromatic nitrogens is 1. The van der Waals surface area contributed by atoms with Gasteiger partial charge in [0.15, 0.2) is 0 Å². The van der Waals surface area contributed by atoms with Gasteiger partial charge in [-0.25, -0.2) is 13.8 Å². The van der Waals surface area contributed by atoms with Gasteiger partial charge in [0, 0.05) is 52.5 Å². The van der Waals surface area contributed by atoms with Gasteiger partial charge in [0.05, 0.1) is 12.6 Å². The van der Waals surface area contributed by atoms with Crippen molar-refractivity contribution in [2.75, 3.05) is 19.7 Å². The lowest BCUT2D eigenvalue weighted by atomic mass is 9.95. The molecule has 2 aromatic carbocycles. The second-order valence-electron chi connectivity index (χ2n) is 12.0. The molecule has 6 rings (SSSR count). The number of amides is 2. The Labute approximate surface area is 255 Å². The molecule has 3 atom stereocenters. The molecule has 4 heterocycles. The molecule has 7 nitrogen and oxygen atoms in total. The number of thiazole rings is 1. The van der Waals surface area contributed by atoms with Crippen LogP contribution in [0.25, 0.3) is 0 Å². The number of carbonyl (C=O) groups excluding carboxylic acids is 2. The van der Waals surface area contributed by atoms with Gasteiger partial charge in [-0.1, -0.05) is 0 Å². The smallest absolute Gasteiger partial charge is 0.254 e. The number of benzene rings is 2. The maximum absolute atomic E-state index is 14.1. The minimum Gasteiger partial charge on any atom is -0.493 e. The molecule has 0 aliphatic carbocycles. The Morgan fingerprint density at radius 2 is 1.95 bits per heavy atom. The highest BCUT2D eigenvalue weighted by atomic mass is 32.1. The van der Waals surface area contributed by atoms with Crippen LogP contribution in [0.1, 0.15) is 93.5 Å². The number of hydrogen-bond donors (Lipinski definition) is 2. The van der Waals surface area contributed by atoms with Gasteiger partial charge in [0.25, 0.3) is 11.8 Å². The van der Waals surface area contributed by atoms with Gasteiger partial charge in [0.1, 0.15) is 22.4 Å². The summed E-state index contributed by atoms with van der Waals surface area (Å²) in [6, 6.07) is 6.75. The van der Waals surface area contributed by atoms with E-state index in [1.54, 1.807) is 23.5 Å². The number of ether oxygens (including phenoxy) is 1. The number of fused-ring (bicyclic) bond motifs is 1. The summed E-state index contributed by atoms with van der Waals surface area (Å²) in [6.45, 7) is 4.02. The molecule has 3 aliphatic rings. The van der Waals surface area contributed by atoms with Gasteiger partial charge < -0.3 is 20.3 Å². The van der Waals surface area contributed by atoms with Crippen LogP contribution in [-0.4, -0.2) is 53.5 Å². The normalized spacial score (nSPS) is 20.8. The van der Waals surface area contributed by atoms with Crippen LogP contribution in [0.3, 0.4) is 0 Å². The Balaban J connectivity index is 1.30. The van der Waals surface area contributed by atoms with Gasteiger partial charge in [-0.3, -0.25) is 9.59 Å². The average molecular weight is 609 g/mol. The second kappa shape index (κ2) is 13.1. The lowest BCUT2D eigenvalue weighted by Crippen LogP contribution is -2.41. The van der Waals surface area contributed by atoms with Crippen molar-refractivity contribution in [1.82, 2.24) is 20.5 Å². The first kappa shape index (κ1) is 29.7. The van der Waals surface area contributed by atoms with E-state index in [4.69, 9.17) is 4.74 Å². The standard InChI is InChI=1S/C33H38F2N4O3S/c1-20-19-43-32(37-20)29-8-5-10-39(29)33(41)22-15-28(27-7-2-3-11-42-30(27)16-22)31(40)38-26(18-25-6-4-9-36-25)14-21-12-23(34)17-24(35)13-21/h12-13,15-17,19,25-26,29,36H,2-11,14,18H2,1H3,(H,38,40)/t25-,26+,29-/m1/s1. The highest BCUT2D eigenvalue weighted by Gasteiger charge is 2.34. The summed E-state index contributed by atoms with van der Waals surface area (Å²) in [5.74, 6) is -1.14. The summed E-state index contributed by atoms with van der Waals surface area (Å²) in [5, 5.41) is 9.59. The molecule has 0 radical (unpaired) electrons. The summed E-state index contributed by atoms with van der Waals surface area (Å²) < 4.78 is 34.1. The molecule has 3 aromatic rings. The molecule has 0 spiro atoms. The van der Waals surface area contributed by atoms with Gasteiger partial charge in [-0.05, 0) is 101 Å². The van der Waals surface area contributed by atoms with E-state index < -0.39 is 11.6 Å². The molecule has 2 amide bonds. The molecular weight excluding hydrogens is 570 g/mol. The molecule has 228 valence electrons. The van der Waals surface area contributed by atoms with Crippen molar-refractivity contribution >= 4 is 23.2 Å². The molecule has 2 N–H and O–H groups in total. The second-order valence-corrected chi connectivity index (χ2v) is 12.9.